The van der Waals surface area contributed by atoms with Gasteiger partial charge in [0.2, 0.25) is 0 Å². The predicted octanol–water partition coefficient (Wildman–Crippen LogP) is 0.958. The van der Waals surface area contributed by atoms with Crippen molar-refractivity contribution >= 4 is 11.3 Å². The maximum atomic E-state index is 5.72. The topological polar surface area (TPSA) is 69.6 Å². The van der Waals surface area contributed by atoms with E-state index in [-0.39, 0.29) is 6.04 Å². The zero-order valence-corrected chi connectivity index (χ0v) is 8.82. The van der Waals surface area contributed by atoms with E-state index in [9.17, 15) is 0 Å². The molecule has 2 aromatic rings. The average molecular weight is 209 g/mol. The Labute approximate surface area is 85.6 Å². The molecule has 0 aliphatic carbocycles. The van der Waals surface area contributed by atoms with Gasteiger partial charge in [-0.05, 0) is 6.92 Å². The van der Waals surface area contributed by atoms with E-state index in [4.69, 9.17) is 5.73 Å². The quantitative estimate of drug-likeness (QED) is 0.799. The largest absolute Gasteiger partial charge is 0.322 e. The third-order valence-corrected chi connectivity index (χ3v) is 2.90. The van der Waals surface area contributed by atoms with Gasteiger partial charge in [-0.3, -0.25) is 0 Å². The monoisotopic (exact) mass is 209 g/mol. The van der Waals surface area contributed by atoms with Crippen LogP contribution in [-0.4, -0.2) is 19.7 Å². The summed E-state index contributed by atoms with van der Waals surface area (Å²) in [5.41, 5.74) is 6.56. The third-order valence-electron chi connectivity index (χ3n) is 1.85. The molecule has 0 fully saturated rings. The van der Waals surface area contributed by atoms with Gasteiger partial charge < -0.3 is 5.73 Å². The Morgan fingerprint density at radius 3 is 2.86 bits per heavy atom. The Hall–Kier alpha value is -1.27. The molecule has 0 aliphatic heterocycles. The Morgan fingerprint density at radius 2 is 2.36 bits per heavy atom. The number of nitrogens with two attached hydrogens (primary N) is 1. The number of aryl methyl sites for hydroxylation is 1. The number of aromatic nitrogens is 4. The van der Waals surface area contributed by atoms with Crippen molar-refractivity contribution in [2.45, 2.75) is 13.0 Å². The SMILES string of the molecule is CC(N)c1nc(-c2ncnn2C)cs1. The zero-order chi connectivity index (χ0) is 10.1. The van der Waals surface area contributed by atoms with Gasteiger partial charge in [0.05, 0.1) is 6.04 Å². The lowest BCUT2D eigenvalue weighted by atomic mass is 10.4. The number of nitrogens with zero attached hydrogens (tertiary/aromatic N) is 4. The summed E-state index contributed by atoms with van der Waals surface area (Å²) >= 11 is 1.55. The first-order valence-corrected chi connectivity index (χ1v) is 5.12. The molecular weight excluding hydrogens is 198 g/mol. The first-order chi connectivity index (χ1) is 6.68. The second-order valence-electron chi connectivity index (χ2n) is 3.07. The lowest BCUT2D eigenvalue weighted by molar-refractivity contribution is 0.768. The highest BCUT2D eigenvalue weighted by atomic mass is 32.1. The molecule has 2 rings (SSSR count). The summed E-state index contributed by atoms with van der Waals surface area (Å²) < 4.78 is 1.69. The second-order valence-corrected chi connectivity index (χ2v) is 3.96. The van der Waals surface area contributed by atoms with Gasteiger partial charge in [0.1, 0.15) is 17.0 Å². The molecule has 0 spiro atoms. The maximum Gasteiger partial charge on any atom is 0.177 e. The zero-order valence-electron chi connectivity index (χ0n) is 8.01. The van der Waals surface area contributed by atoms with Crippen molar-refractivity contribution in [3.05, 3.63) is 16.7 Å². The average Bonchev–Trinajstić information content (AvgIpc) is 2.71. The fraction of sp³-hybridized carbons (Fsp3) is 0.375. The number of thiazole rings is 1. The molecular formula is C8H11N5S. The maximum absolute atomic E-state index is 5.72. The Kier molecular flexibility index (Phi) is 2.30. The molecule has 14 heavy (non-hydrogen) atoms. The van der Waals surface area contributed by atoms with Crippen LogP contribution in [0.25, 0.3) is 11.5 Å². The second kappa shape index (κ2) is 3.47. The molecule has 0 aliphatic rings. The first kappa shape index (κ1) is 9.29. The van der Waals surface area contributed by atoms with E-state index in [0.717, 1.165) is 16.5 Å². The minimum Gasteiger partial charge on any atom is -0.322 e. The van der Waals surface area contributed by atoms with Crippen molar-refractivity contribution in [1.29, 1.82) is 0 Å². The molecule has 2 aromatic heterocycles. The van der Waals surface area contributed by atoms with Crippen LogP contribution in [0.5, 0.6) is 0 Å². The van der Waals surface area contributed by atoms with Crippen LogP contribution >= 0.6 is 11.3 Å². The summed E-state index contributed by atoms with van der Waals surface area (Å²) in [6.45, 7) is 1.92. The Bertz CT molecular complexity index is 430. The Balaban J connectivity index is 2.39. The molecule has 0 aromatic carbocycles. The molecule has 0 amide bonds. The highest BCUT2D eigenvalue weighted by Gasteiger charge is 2.10. The van der Waals surface area contributed by atoms with Crippen LogP contribution < -0.4 is 5.73 Å². The number of hydrogen-bond acceptors (Lipinski definition) is 5. The van der Waals surface area contributed by atoms with Crippen LogP contribution in [0, 0.1) is 0 Å². The minimum atomic E-state index is -0.0259. The molecule has 74 valence electrons. The summed E-state index contributed by atoms with van der Waals surface area (Å²) in [5.74, 6) is 0.771. The van der Waals surface area contributed by atoms with E-state index >= 15 is 0 Å². The van der Waals surface area contributed by atoms with Crippen LogP contribution in [0.2, 0.25) is 0 Å². The van der Waals surface area contributed by atoms with E-state index < -0.39 is 0 Å². The van der Waals surface area contributed by atoms with Crippen molar-refractivity contribution in [2.75, 3.05) is 0 Å². The lowest BCUT2D eigenvalue weighted by Crippen LogP contribution is -2.04. The van der Waals surface area contributed by atoms with Crippen molar-refractivity contribution in [1.82, 2.24) is 19.7 Å². The van der Waals surface area contributed by atoms with E-state index in [1.165, 1.54) is 6.33 Å². The molecule has 2 heterocycles. The van der Waals surface area contributed by atoms with Gasteiger partial charge in [0.15, 0.2) is 5.82 Å². The van der Waals surface area contributed by atoms with Gasteiger partial charge in [0.25, 0.3) is 0 Å². The van der Waals surface area contributed by atoms with E-state index in [1.54, 1.807) is 16.0 Å². The summed E-state index contributed by atoms with van der Waals surface area (Å²) in [6, 6.07) is -0.0259. The predicted molar refractivity (Wildman–Crippen MR) is 54.7 cm³/mol. The molecule has 5 nitrogen and oxygen atoms in total. The Morgan fingerprint density at radius 1 is 1.57 bits per heavy atom. The van der Waals surface area contributed by atoms with Gasteiger partial charge in [-0.1, -0.05) is 0 Å². The number of hydrogen-bond donors (Lipinski definition) is 1. The van der Waals surface area contributed by atoms with Gasteiger partial charge in [-0.15, -0.1) is 11.3 Å². The summed E-state index contributed by atoms with van der Waals surface area (Å²) in [7, 11) is 1.84. The van der Waals surface area contributed by atoms with E-state index in [2.05, 4.69) is 15.1 Å². The fourth-order valence-electron chi connectivity index (χ4n) is 1.13. The third kappa shape index (κ3) is 1.53. The van der Waals surface area contributed by atoms with Gasteiger partial charge >= 0.3 is 0 Å². The van der Waals surface area contributed by atoms with Gasteiger partial charge in [-0.2, -0.15) is 5.10 Å². The first-order valence-electron chi connectivity index (χ1n) is 4.24. The molecule has 6 heteroatoms. The molecule has 0 saturated carbocycles. The summed E-state index contributed by atoms with van der Waals surface area (Å²) in [4.78, 5) is 8.50. The van der Waals surface area contributed by atoms with Crippen LogP contribution in [-0.2, 0) is 7.05 Å². The van der Waals surface area contributed by atoms with Crippen LogP contribution in [0.1, 0.15) is 18.0 Å². The van der Waals surface area contributed by atoms with Gasteiger partial charge in [-0.25, -0.2) is 14.6 Å². The van der Waals surface area contributed by atoms with Crippen LogP contribution in [0.15, 0.2) is 11.7 Å². The lowest BCUT2D eigenvalue weighted by Gasteiger charge is -1.97. The van der Waals surface area contributed by atoms with E-state index in [0.29, 0.717) is 0 Å². The van der Waals surface area contributed by atoms with E-state index in [1.807, 2.05) is 19.4 Å². The smallest absolute Gasteiger partial charge is 0.177 e. The standard InChI is InChI=1S/C8H11N5S/c1-5(9)8-12-6(3-14-8)7-10-4-11-13(7)2/h3-5H,9H2,1-2H3. The van der Waals surface area contributed by atoms with Crippen molar-refractivity contribution in [3.8, 4) is 11.5 Å². The summed E-state index contributed by atoms with van der Waals surface area (Å²) in [6.07, 6.45) is 1.51. The van der Waals surface area contributed by atoms with Crippen LogP contribution in [0.4, 0.5) is 0 Å². The van der Waals surface area contributed by atoms with Gasteiger partial charge in [0, 0.05) is 12.4 Å². The van der Waals surface area contributed by atoms with Crippen molar-refractivity contribution in [2.24, 2.45) is 12.8 Å². The number of rotatable bonds is 2. The highest BCUT2D eigenvalue weighted by molar-refractivity contribution is 7.10. The molecule has 1 atom stereocenters. The molecule has 0 bridgehead atoms. The fourth-order valence-corrected chi connectivity index (χ4v) is 1.88. The molecule has 1 unspecified atom stereocenters. The highest BCUT2D eigenvalue weighted by Crippen LogP contribution is 2.22. The summed E-state index contributed by atoms with van der Waals surface area (Å²) in [5, 5.41) is 6.85. The normalized spacial score (nSPS) is 13.1. The van der Waals surface area contributed by atoms with Crippen LogP contribution in [0.3, 0.4) is 0 Å². The molecule has 0 radical (unpaired) electrons. The van der Waals surface area contributed by atoms with Crippen molar-refractivity contribution in [3.63, 3.8) is 0 Å². The molecule has 2 N–H and O–H groups in total. The molecule has 0 saturated heterocycles. The van der Waals surface area contributed by atoms with Crippen molar-refractivity contribution < 1.29 is 0 Å². The minimum absolute atomic E-state index is 0.0259.